The van der Waals surface area contributed by atoms with Crippen molar-refractivity contribution in [3.63, 3.8) is 0 Å². The van der Waals surface area contributed by atoms with Crippen molar-refractivity contribution in [1.82, 2.24) is 9.55 Å². The highest BCUT2D eigenvalue weighted by Gasteiger charge is 2.08. The van der Waals surface area contributed by atoms with Crippen LogP contribution in [0.25, 0.3) is 22.4 Å². The van der Waals surface area contributed by atoms with Gasteiger partial charge in [0.1, 0.15) is 5.82 Å². The first kappa shape index (κ1) is 10.4. The van der Waals surface area contributed by atoms with Crippen LogP contribution in [0.1, 0.15) is 0 Å². The molecule has 0 bridgehead atoms. The van der Waals surface area contributed by atoms with Crippen LogP contribution in [0.5, 0.6) is 0 Å². The summed E-state index contributed by atoms with van der Waals surface area (Å²) in [5, 5.41) is 0.743. The van der Waals surface area contributed by atoms with Crippen molar-refractivity contribution in [2.45, 2.75) is 0 Å². The van der Waals surface area contributed by atoms with Crippen LogP contribution in [-0.4, -0.2) is 9.55 Å². The van der Waals surface area contributed by atoms with E-state index in [4.69, 9.17) is 11.6 Å². The quantitative estimate of drug-likeness (QED) is 0.633. The van der Waals surface area contributed by atoms with Crippen molar-refractivity contribution in [2.75, 3.05) is 0 Å². The lowest BCUT2D eigenvalue weighted by Crippen LogP contribution is -1.91. The Balaban J connectivity index is 2.24. The Labute approximate surface area is 104 Å². The van der Waals surface area contributed by atoms with Gasteiger partial charge in [-0.05, 0) is 36.4 Å². The standard InChI is InChI=1S/C14H11ClN2/c1-17-13-5-3-2-4-12(13)16-14(17)10-6-8-11(15)9-7-10/h2-9H,1H3. The maximum atomic E-state index is 5.89. The topological polar surface area (TPSA) is 17.8 Å². The Hall–Kier alpha value is -1.80. The van der Waals surface area contributed by atoms with Crippen LogP contribution in [0.3, 0.4) is 0 Å². The molecule has 0 N–H and O–H groups in total. The third-order valence-electron chi connectivity index (χ3n) is 2.89. The van der Waals surface area contributed by atoms with E-state index in [-0.39, 0.29) is 0 Å². The maximum Gasteiger partial charge on any atom is 0.140 e. The summed E-state index contributed by atoms with van der Waals surface area (Å²) in [6.07, 6.45) is 0. The molecule has 2 aromatic carbocycles. The van der Waals surface area contributed by atoms with Gasteiger partial charge in [0.25, 0.3) is 0 Å². The van der Waals surface area contributed by atoms with E-state index >= 15 is 0 Å². The first-order valence-electron chi connectivity index (χ1n) is 5.43. The largest absolute Gasteiger partial charge is 0.327 e. The third-order valence-corrected chi connectivity index (χ3v) is 3.14. The molecular formula is C14H11ClN2. The number of fused-ring (bicyclic) bond motifs is 1. The zero-order chi connectivity index (χ0) is 11.8. The van der Waals surface area contributed by atoms with E-state index in [0.29, 0.717) is 0 Å². The number of para-hydroxylation sites is 2. The molecule has 1 aromatic heterocycles. The summed E-state index contributed by atoms with van der Waals surface area (Å²) >= 11 is 5.89. The van der Waals surface area contributed by atoms with Gasteiger partial charge in [-0.2, -0.15) is 0 Å². The van der Waals surface area contributed by atoms with E-state index in [1.807, 2.05) is 49.5 Å². The first-order chi connectivity index (χ1) is 8.25. The minimum absolute atomic E-state index is 0.743. The Kier molecular flexibility index (Phi) is 2.37. The third kappa shape index (κ3) is 1.71. The van der Waals surface area contributed by atoms with E-state index in [0.717, 1.165) is 27.4 Å². The second kappa shape index (κ2) is 3.90. The van der Waals surface area contributed by atoms with Crippen molar-refractivity contribution in [2.24, 2.45) is 7.05 Å². The Morgan fingerprint density at radius 1 is 1.00 bits per heavy atom. The maximum absolute atomic E-state index is 5.89. The van der Waals surface area contributed by atoms with Crippen LogP contribution in [-0.2, 0) is 7.05 Å². The number of hydrogen-bond acceptors (Lipinski definition) is 1. The van der Waals surface area contributed by atoms with Gasteiger partial charge in [-0.15, -0.1) is 0 Å². The predicted octanol–water partition coefficient (Wildman–Crippen LogP) is 3.89. The number of halogens is 1. The molecular weight excluding hydrogens is 232 g/mol. The fraction of sp³-hybridized carbons (Fsp3) is 0.0714. The minimum Gasteiger partial charge on any atom is -0.327 e. The average molecular weight is 243 g/mol. The summed E-state index contributed by atoms with van der Waals surface area (Å²) in [5.41, 5.74) is 3.23. The molecule has 0 aliphatic carbocycles. The zero-order valence-corrected chi connectivity index (χ0v) is 10.1. The van der Waals surface area contributed by atoms with Crippen molar-refractivity contribution >= 4 is 22.6 Å². The summed E-state index contributed by atoms with van der Waals surface area (Å²) in [7, 11) is 2.03. The Bertz CT molecular complexity index is 668. The average Bonchev–Trinajstić information content (AvgIpc) is 2.69. The lowest BCUT2D eigenvalue weighted by atomic mass is 10.2. The fourth-order valence-electron chi connectivity index (χ4n) is 2.00. The fourth-order valence-corrected chi connectivity index (χ4v) is 2.13. The summed E-state index contributed by atoms with van der Waals surface area (Å²) in [6, 6.07) is 15.9. The molecule has 0 aliphatic rings. The molecule has 84 valence electrons. The van der Waals surface area contributed by atoms with Gasteiger partial charge in [0.2, 0.25) is 0 Å². The SMILES string of the molecule is Cn1c(-c2ccc(Cl)cc2)nc2ccccc21. The van der Waals surface area contributed by atoms with Crippen LogP contribution in [0.2, 0.25) is 5.02 Å². The lowest BCUT2D eigenvalue weighted by molar-refractivity contribution is 0.959. The first-order valence-corrected chi connectivity index (χ1v) is 5.81. The van der Waals surface area contributed by atoms with Gasteiger partial charge in [-0.3, -0.25) is 0 Å². The molecule has 2 nitrogen and oxygen atoms in total. The predicted molar refractivity (Wildman–Crippen MR) is 71.2 cm³/mol. The van der Waals surface area contributed by atoms with Crippen LogP contribution in [0, 0.1) is 0 Å². The molecule has 0 saturated heterocycles. The number of aromatic nitrogens is 2. The molecule has 0 spiro atoms. The van der Waals surface area contributed by atoms with Gasteiger partial charge in [0.05, 0.1) is 11.0 Å². The number of rotatable bonds is 1. The van der Waals surface area contributed by atoms with Crippen molar-refractivity contribution in [3.05, 3.63) is 53.6 Å². The van der Waals surface area contributed by atoms with Crippen molar-refractivity contribution < 1.29 is 0 Å². The zero-order valence-electron chi connectivity index (χ0n) is 9.39. The molecule has 3 heteroatoms. The Morgan fingerprint density at radius 2 is 1.71 bits per heavy atom. The monoisotopic (exact) mass is 242 g/mol. The second-order valence-electron chi connectivity index (χ2n) is 3.99. The van der Waals surface area contributed by atoms with Crippen molar-refractivity contribution in [3.8, 4) is 11.4 Å². The van der Waals surface area contributed by atoms with E-state index in [1.165, 1.54) is 0 Å². The molecule has 0 unspecified atom stereocenters. The number of benzene rings is 2. The molecule has 0 amide bonds. The number of hydrogen-bond donors (Lipinski definition) is 0. The molecule has 0 aliphatic heterocycles. The highest BCUT2D eigenvalue weighted by Crippen LogP contribution is 2.24. The summed E-state index contributed by atoms with van der Waals surface area (Å²) in [4.78, 5) is 4.63. The van der Waals surface area contributed by atoms with E-state index < -0.39 is 0 Å². The van der Waals surface area contributed by atoms with Gasteiger partial charge in [-0.1, -0.05) is 23.7 Å². The highest BCUT2D eigenvalue weighted by atomic mass is 35.5. The van der Waals surface area contributed by atoms with Gasteiger partial charge in [0.15, 0.2) is 0 Å². The molecule has 0 atom stereocenters. The normalized spacial score (nSPS) is 10.9. The van der Waals surface area contributed by atoms with Gasteiger partial charge in [-0.25, -0.2) is 4.98 Å². The number of nitrogens with zero attached hydrogens (tertiary/aromatic N) is 2. The van der Waals surface area contributed by atoms with E-state index in [2.05, 4.69) is 15.6 Å². The van der Waals surface area contributed by atoms with Crippen LogP contribution >= 0.6 is 11.6 Å². The van der Waals surface area contributed by atoms with Crippen molar-refractivity contribution in [1.29, 1.82) is 0 Å². The highest BCUT2D eigenvalue weighted by molar-refractivity contribution is 6.30. The van der Waals surface area contributed by atoms with Crippen LogP contribution in [0.15, 0.2) is 48.5 Å². The molecule has 1 heterocycles. The molecule has 0 saturated carbocycles. The minimum atomic E-state index is 0.743. The molecule has 3 rings (SSSR count). The molecule has 0 radical (unpaired) electrons. The summed E-state index contributed by atoms with van der Waals surface area (Å²) in [5.74, 6) is 0.961. The molecule has 17 heavy (non-hydrogen) atoms. The van der Waals surface area contributed by atoms with Crippen LogP contribution in [0.4, 0.5) is 0 Å². The number of aryl methyl sites for hydroxylation is 1. The van der Waals surface area contributed by atoms with E-state index in [1.54, 1.807) is 0 Å². The van der Waals surface area contributed by atoms with Gasteiger partial charge >= 0.3 is 0 Å². The Morgan fingerprint density at radius 3 is 2.41 bits per heavy atom. The summed E-state index contributed by atoms with van der Waals surface area (Å²) in [6.45, 7) is 0. The lowest BCUT2D eigenvalue weighted by Gasteiger charge is -2.02. The molecule has 3 aromatic rings. The van der Waals surface area contributed by atoms with Crippen LogP contribution < -0.4 is 0 Å². The van der Waals surface area contributed by atoms with Gasteiger partial charge in [0, 0.05) is 17.6 Å². The summed E-state index contributed by atoms with van der Waals surface area (Å²) < 4.78 is 2.10. The van der Waals surface area contributed by atoms with Gasteiger partial charge < -0.3 is 4.57 Å². The smallest absolute Gasteiger partial charge is 0.140 e. The molecule has 0 fully saturated rings. The number of imidazole rings is 1. The van der Waals surface area contributed by atoms with E-state index in [9.17, 15) is 0 Å². The second-order valence-corrected chi connectivity index (χ2v) is 4.43.